The first-order valence-electron chi connectivity index (χ1n) is 9.65. The van der Waals surface area contributed by atoms with E-state index in [4.69, 9.17) is 9.47 Å². The molecule has 1 fully saturated rings. The maximum absolute atomic E-state index is 14.4. The minimum absolute atomic E-state index is 0.157. The Labute approximate surface area is 166 Å². The summed E-state index contributed by atoms with van der Waals surface area (Å²) < 4.78 is 39.5. The van der Waals surface area contributed by atoms with Gasteiger partial charge in [0.25, 0.3) is 5.92 Å². The van der Waals surface area contributed by atoms with Crippen LogP contribution in [0.25, 0.3) is 0 Å². The first kappa shape index (κ1) is 19.4. The molecular formula is C19H23F2N5O3. The van der Waals surface area contributed by atoms with E-state index in [1.807, 2.05) is 6.07 Å². The van der Waals surface area contributed by atoms with E-state index in [1.54, 1.807) is 12.1 Å². The van der Waals surface area contributed by atoms with Crippen LogP contribution in [0, 0.1) is 0 Å². The second kappa shape index (κ2) is 7.84. The molecule has 0 saturated heterocycles. The number of alkyl carbamates (subject to hydrolysis) is 1. The van der Waals surface area contributed by atoms with E-state index in [-0.39, 0.29) is 24.5 Å². The highest BCUT2D eigenvalue weighted by molar-refractivity contribution is 5.68. The van der Waals surface area contributed by atoms with Gasteiger partial charge in [-0.25, -0.2) is 18.6 Å². The summed E-state index contributed by atoms with van der Waals surface area (Å²) in [6.45, 7) is 1.01. The predicted octanol–water partition coefficient (Wildman–Crippen LogP) is 3.72. The van der Waals surface area contributed by atoms with Crippen molar-refractivity contribution in [2.75, 3.05) is 11.9 Å². The topological polar surface area (TPSA) is 101 Å². The van der Waals surface area contributed by atoms with Crippen molar-refractivity contribution in [1.82, 2.24) is 20.5 Å². The summed E-state index contributed by atoms with van der Waals surface area (Å²) in [7, 11) is 0. The Hall–Kier alpha value is -2.91. The van der Waals surface area contributed by atoms with Gasteiger partial charge in [0.2, 0.25) is 5.88 Å². The number of nitrogens with zero attached hydrogens (tertiary/aromatic N) is 2. The summed E-state index contributed by atoms with van der Waals surface area (Å²) in [6, 6.07) is 3.90. The summed E-state index contributed by atoms with van der Waals surface area (Å²) in [5, 5.41) is 12.7. The number of fused-ring (bicyclic) bond motifs is 7. The largest absolute Gasteiger partial charge is 0.477 e. The quantitative estimate of drug-likeness (QED) is 0.615. The minimum Gasteiger partial charge on any atom is -0.477 e. The van der Waals surface area contributed by atoms with Crippen molar-refractivity contribution in [3.8, 4) is 5.88 Å². The number of anilines is 2. The molecule has 10 heteroatoms. The molecule has 4 rings (SSSR count). The standard InChI is InChI=1S/C19H23F2N5O3/c1-11-19(20,21)5-7-28-17-9-13(4-6-22-17)24-16-10-15(25-26-16)12-2-3-14(8-12)29-18(27)23-11/h4,6,9-12,14H,2-3,5,7-8H2,1H3,(H,23,27)(H2,24,25,26)/t11-,12-,14+/m0/s1. The normalized spacial score (nSPS) is 26.9. The van der Waals surface area contributed by atoms with Gasteiger partial charge in [-0.3, -0.25) is 5.10 Å². The Morgan fingerprint density at radius 1 is 1.28 bits per heavy atom. The highest BCUT2D eigenvalue weighted by Gasteiger charge is 2.38. The zero-order valence-corrected chi connectivity index (χ0v) is 16.0. The molecular weight excluding hydrogens is 384 g/mol. The molecule has 2 aromatic rings. The van der Waals surface area contributed by atoms with E-state index >= 15 is 0 Å². The molecule has 8 nitrogen and oxygen atoms in total. The second-order valence-electron chi connectivity index (χ2n) is 7.48. The van der Waals surface area contributed by atoms with Gasteiger partial charge in [-0.15, -0.1) is 0 Å². The number of H-pyrrole nitrogens is 1. The highest BCUT2D eigenvalue weighted by atomic mass is 19.3. The zero-order chi connectivity index (χ0) is 20.4. The first-order valence-corrected chi connectivity index (χ1v) is 9.65. The number of ether oxygens (including phenoxy) is 2. The Balaban J connectivity index is 1.56. The number of amides is 1. The zero-order valence-electron chi connectivity index (χ0n) is 16.0. The Morgan fingerprint density at radius 2 is 2.14 bits per heavy atom. The molecule has 6 bridgehead atoms. The van der Waals surface area contributed by atoms with Crippen molar-refractivity contribution in [1.29, 1.82) is 0 Å². The summed E-state index contributed by atoms with van der Waals surface area (Å²) >= 11 is 0. The molecule has 0 spiro atoms. The fraction of sp³-hybridized carbons (Fsp3) is 0.526. The van der Waals surface area contributed by atoms with Crippen LogP contribution >= 0.6 is 0 Å². The summed E-state index contributed by atoms with van der Waals surface area (Å²) in [4.78, 5) is 16.1. The van der Waals surface area contributed by atoms with E-state index in [9.17, 15) is 13.6 Å². The molecule has 3 N–H and O–H groups in total. The molecule has 2 aromatic heterocycles. The van der Waals surface area contributed by atoms with Crippen LogP contribution in [0.4, 0.5) is 25.1 Å². The molecule has 1 saturated carbocycles. The van der Waals surface area contributed by atoms with Gasteiger partial charge < -0.3 is 20.1 Å². The molecule has 0 aromatic carbocycles. The van der Waals surface area contributed by atoms with Crippen LogP contribution in [-0.4, -0.2) is 45.9 Å². The fourth-order valence-corrected chi connectivity index (χ4v) is 3.63. The molecule has 1 aliphatic heterocycles. The number of halogens is 2. The van der Waals surface area contributed by atoms with Crippen molar-refractivity contribution in [2.24, 2.45) is 0 Å². The number of rotatable bonds is 0. The number of hydrogen-bond donors (Lipinski definition) is 3. The van der Waals surface area contributed by atoms with Gasteiger partial charge in [0.15, 0.2) is 5.82 Å². The van der Waals surface area contributed by atoms with E-state index in [0.29, 0.717) is 24.3 Å². The number of hydrogen-bond acceptors (Lipinski definition) is 6. The van der Waals surface area contributed by atoms with Crippen LogP contribution in [0.15, 0.2) is 24.4 Å². The number of carbonyl (C=O) groups excluding carboxylic acids is 1. The number of aromatic nitrogens is 3. The number of pyridine rings is 1. The van der Waals surface area contributed by atoms with E-state index in [1.165, 1.54) is 13.1 Å². The van der Waals surface area contributed by atoms with E-state index < -0.39 is 24.5 Å². The molecule has 0 radical (unpaired) electrons. The number of aromatic amines is 1. The average molecular weight is 407 g/mol. The van der Waals surface area contributed by atoms with Gasteiger partial charge in [0, 0.05) is 42.0 Å². The minimum atomic E-state index is -3.15. The Morgan fingerprint density at radius 3 is 3.00 bits per heavy atom. The van der Waals surface area contributed by atoms with Crippen molar-refractivity contribution >= 4 is 17.6 Å². The molecule has 3 atom stereocenters. The number of nitrogens with one attached hydrogen (secondary N) is 3. The molecule has 1 aliphatic carbocycles. The van der Waals surface area contributed by atoms with Gasteiger partial charge >= 0.3 is 6.09 Å². The summed E-state index contributed by atoms with van der Waals surface area (Å²) in [5.74, 6) is -2.15. The van der Waals surface area contributed by atoms with Crippen LogP contribution in [0.3, 0.4) is 0 Å². The molecule has 3 heterocycles. The molecule has 2 aliphatic rings. The van der Waals surface area contributed by atoms with Crippen LogP contribution < -0.4 is 15.4 Å². The van der Waals surface area contributed by atoms with Crippen LogP contribution in [-0.2, 0) is 4.74 Å². The van der Waals surface area contributed by atoms with Gasteiger partial charge in [-0.1, -0.05) is 0 Å². The van der Waals surface area contributed by atoms with Crippen LogP contribution in [0.1, 0.15) is 44.2 Å². The molecule has 29 heavy (non-hydrogen) atoms. The van der Waals surface area contributed by atoms with Crippen molar-refractivity contribution < 1.29 is 23.0 Å². The molecule has 156 valence electrons. The maximum atomic E-state index is 14.4. The highest BCUT2D eigenvalue weighted by Crippen LogP contribution is 2.36. The van der Waals surface area contributed by atoms with Crippen molar-refractivity contribution in [3.05, 3.63) is 30.1 Å². The van der Waals surface area contributed by atoms with Crippen LogP contribution in [0.5, 0.6) is 5.88 Å². The smallest absolute Gasteiger partial charge is 0.407 e. The maximum Gasteiger partial charge on any atom is 0.407 e. The third kappa shape index (κ3) is 4.57. The lowest BCUT2D eigenvalue weighted by molar-refractivity contribution is -0.0485. The third-order valence-electron chi connectivity index (χ3n) is 5.36. The predicted molar refractivity (Wildman–Crippen MR) is 101 cm³/mol. The molecule has 1 amide bonds. The monoisotopic (exact) mass is 407 g/mol. The van der Waals surface area contributed by atoms with Gasteiger partial charge in [-0.05, 0) is 32.3 Å². The number of alkyl halides is 2. The summed E-state index contributed by atoms with van der Waals surface area (Å²) in [6.07, 6.45) is 1.93. The lowest BCUT2D eigenvalue weighted by atomic mass is 10.0. The van der Waals surface area contributed by atoms with Gasteiger partial charge in [0.05, 0.1) is 12.6 Å². The van der Waals surface area contributed by atoms with Gasteiger partial charge in [-0.2, -0.15) is 5.10 Å². The Bertz CT molecular complexity index is 875. The van der Waals surface area contributed by atoms with Crippen LogP contribution in [0.2, 0.25) is 0 Å². The van der Waals surface area contributed by atoms with E-state index in [0.717, 1.165) is 12.1 Å². The Kier molecular flexibility index (Phi) is 5.25. The van der Waals surface area contributed by atoms with Crippen molar-refractivity contribution in [3.63, 3.8) is 0 Å². The third-order valence-corrected chi connectivity index (χ3v) is 5.36. The second-order valence-corrected chi connectivity index (χ2v) is 7.48. The fourth-order valence-electron chi connectivity index (χ4n) is 3.63. The lowest BCUT2D eigenvalue weighted by Gasteiger charge is -2.25. The van der Waals surface area contributed by atoms with Crippen molar-refractivity contribution in [2.45, 2.75) is 56.6 Å². The number of carbonyl (C=O) groups is 1. The first-order chi connectivity index (χ1) is 13.9. The summed E-state index contributed by atoms with van der Waals surface area (Å²) in [5.41, 5.74) is 1.62. The van der Waals surface area contributed by atoms with E-state index in [2.05, 4.69) is 25.8 Å². The average Bonchev–Trinajstić information content (AvgIpc) is 3.30. The lowest BCUT2D eigenvalue weighted by Crippen LogP contribution is -2.47. The molecule has 0 unspecified atom stereocenters. The van der Waals surface area contributed by atoms with Gasteiger partial charge in [0.1, 0.15) is 6.10 Å². The SMILES string of the molecule is C[C@@H]1NC(=O)O[C@@H]2CC[C@@H](C2)c2cc(n[nH]2)Nc2ccnc(c2)OCCC1(F)F.